The summed E-state index contributed by atoms with van der Waals surface area (Å²) in [5.41, 5.74) is 6.71. The van der Waals surface area contributed by atoms with Crippen LogP contribution in [-0.4, -0.2) is 56.7 Å². The Morgan fingerprint density at radius 3 is 2.68 bits per heavy atom. The van der Waals surface area contributed by atoms with Crippen molar-refractivity contribution in [2.45, 2.75) is 25.7 Å². The van der Waals surface area contributed by atoms with Crippen molar-refractivity contribution in [2.24, 2.45) is 5.92 Å². The van der Waals surface area contributed by atoms with Gasteiger partial charge in [0.25, 0.3) is 0 Å². The Balaban J connectivity index is 1.48. The Kier molecular flexibility index (Phi) is 4.25. The molecule has 0 unspecified atom stereocenters. The van der Waals surface area contributed by atoms with Crippen LogP contribution in [0.1, 0.15) is 25.7 Å². The smallest absolute Gasteiger partial charge is 0.242 e. The molecule has 0 aromatic carbocycles. The maximum atomic E-state index is 12.6. The van der Waals surface area contributed by atoms with E-state index in [9.17, 15) is 4.79 Å². The van der Waals surface area contributed by atoms with E-state index in [1.807, 2.05) is 15.9 Å². The number of hydrogen-bond acceptors (Lipinski definition) is 6. The standard InChI is InChI=1S/C17H23N7O/c18-15-16(19-12-20-17(15)24-7-3-6-21-24)23-9-8-22(14(25)11-23)10-13-4-1-2-5-13/h3,6-7,12-13H,1-2,4-5,8-11,18H2. The molecule has 2 aromatic rings. The zero-order valence-electron chi connectivity index (χ0n) is 14.2. The van der Waals surface area contributed by atoms with Crippen molar-refractivity contribution >= 4 is 17.4 Å². The second kappa shape index (κ2) is 6.70. The first-order chi connectivity index (χ1) is 12.2. The molecule has 25 heavy (non-hydrogen) atoms. The van der Waals surface area contributed by atoms with E-state index in [0.29, 0.717) is 29.8 Å². The van der Waals surface area contributed by atoms with E-state index in [4.69, 9.17) is 5.73 Å². The Hall–Kier alpha value is -2.64. The molecule has 2 aromatic heterocycles. The van der Waals surface area contributed by atoms with Gasteiger partial charge < -0.3 is 15.5 Å². The number of hydrogen-bond donors (Lipinski definition) is 1. The van der Waals surface area contributed by atoms with Crippen molar-refractivity contribution in [3.63, 3.8) is 0 Å². The first-order valence-electron chi connectivity index (χ1n) is 8.85. The van der Waals surface area contributed by atoms with Crippen LogP contribution in [0.4, 0.5) is 11.5 Å². The number of nitrogens with two attached hydrogens (primary N) is 1. The summed E-state index contributed by atoms with van der Waals surface area (Å²) in [4.78, 5) is 25.0. The van der Waals surface area contributed by atoms with Crippen LogP contribution in [-0.2, 0) is 4.79 Å². The van der Waals surface area contributed by atoms with Gasteiger partial charge in [-0.25, -0.2) is 14.6 Å². The molecular weight excluding hydrogens is 318 g/mol. The Labute approximate surface area is 146 Å². The Morgan fingerprint density at radius 2 is 1.96 bits per heavy atom. The number of amides is 1. The summed E-state index contributed by atoms with van der Waals surface area (Å²) in [5.74, 6) is 1.97. The van der Waals surface area contributed by atoms with Crippen molar-refractivity contribution in [2.75, 3.05) is 36.8 Å². The van der Waals surface area contributed by atoms with Crippen LogP contribution in [0.5, 0.6) is 0 Å². The third-order valence-corrected chi connectivity index (χ3v) is 5.13. The van der Waals surface area contributed by atoms with Gasteiger partial charge >= 0.3 is 0 Å². The second-order valence-electron chi connectivity index (χ2n) is 6.80. The molecule has 3 heterocycles. The Morgan fingerprint density at radius 1 is 1.16 bits per heavy atom. The van der Waals surface area contributed by atoms with E-state index in [0.717, 1.165) is 19.6 Å². The maximum absolute atomic E-state index is 12.6. The highest BCUT2D eigenvalue weighted by atomic mass is 16.2. The fourth-order valence-electron chi connectivity index (χ4n) is 3.79. The number of carbonyl (C=O) groups is 1. The van der Waals surface area contributed by atoms with E-state index in [2.05, 4.69) is 15.1 Å². The molecule has 0 bridgehead atoms. The minimum atomic E-state index is 0.150. The average molecular weight is 341 g/mol. The van der Waals surface area contributed by atoms with Gasteiger partial charge in [-0.05, 0) is 24.8 Å². The number of piperazine rings is 1. The molecule has 1 amide bonds. The lowest BCUT2D eigenvalue weighted by atomic mass is 10.1. The summed E-state index contributed by atoms with van der Waals surface area (Å²) < 4.78 is 1.61. The molecule has 132 valence electrons. The van der Waals surface area contributed by atoms with Gasteiger partial charge in [-0.2, -0.15) is 5.10 Å². The number of nitrogen functional groups attached to an aromatic ring is 1. The van der Waals surface area contributed by atoms with E-state index in [1.54, 1.807) is 17.1 Å². The lowest BCUT2D eigenvalue weighted by Crippen LogP contribution is -2.52. The molecule has 0 spiro atoms. The van der Waals surface area contributed by atoms with Gasteiger partial charge in [-0.1, -0.05) is 12.8 Å². The highest BCUT2D eigenvalue weighted by molar-refractivity contribution is 5.84. The lowest BCUT2D eigenvalue weighted by molar-refractivity contribution is -0.131. The monoisotopic (exact) mass is 341 g/mol. The topological polar surface area (TPSA) is 93.2 Å². The van der Waals surface area contributed by atoms with Crippen molar-refractivity contribution in [3.05, 3.63) is 24.8 Å². The highest BCUT2D eigenvalue weighted by Gasteiger charge is 2.29. The first-order valence-corrected chi connectivity index (χ1v) is 8.85. The molecule has 0 radical (unpaired) electrons. The fourth-order valence-corrected chi connectivity index (χ4v) is 3.79. The molecule has 8 nitrogen and oxygen atoms in total. The van der Waals surface area contributed by atoms with E-state index in [1.165, 1.54) is 32.0 Å². The van der Waals surface area contributed by atoms with Crippen LogP contribution in [0.3, 0.4) is 0 Å². The molecule has 1 saturated heterocycles. The molecule has 4 rings (SSSR count). The SMILES string of the molecule is Nc1c(N2CCN(CC3CCCC3)C(=O)C2)ncnc1-n1cccn1. The summed E-state index contributed by atoms with van der Waals surface area (Å²) in [7, 11) is 0. The molecule has 2 fully saturated rings. The molecular formula is C17H23N7O. The largest absolute Gasteiger partial charge is 0.393 e. The van der Waals surface area contributed by atoms with Gasteiger partial charge in [-0.15, -0.1) is 0 Å². The van der Waals surface area contributed by atoms with Gasteiger partial charge in [-0.3, -0.25) is 4.79 Å². The van der Waals surface area contributed by atoms with Gasteiger partial charge in [0, 0.05) is 32.0 Å². The molecule has 1 aliphatic heterocycles. The molecule has 0 atom stereocenters. The van der Waals surface area contributed by atoms with Crippen LogP contribution in [0.25, 0.3) is 5.82 Å². The predicted octanol–water partition coefficient (Wildman–Crippen LogP) is 1.08. The second-order valence-corrected chi connectivity index (χ2v) is 6.80. The zero-order valence-corrected chi connectivity index (χ0v) is 14.2. The number of rotatable bonds is 4. The summed E-state index contributed by atoms with van der Waals surface area (Å²) in [5, 5.41) is 4.17. The van der Waals surface area contributed by atoms with E-state index in [-0.39, 0.29) is 5.91 Å². The van der Waals surface area contributed by atoms with Crippen molar-refractivity contribution in [3.8, 4) is 5.82 Å². The normalized spacial score (nSPS) is 19.0. The lowest BCUT2D eigenvalue weighted by Gasteiger charge is -2.36. The Bertz CT molecular complexity index is 739. The summed E-state index contributed by atoms with van der Waals surface area (Å²) in [6, 6.07) is 1.81. The third-order valence-electron chi connectivity index (χ3n) is 5.13. The van der Waals surface area contributed by atoms with Crippen LogP contribution in [0, 0.1) is 5.92 Å². The summed E-state index contributed by atoms with van der Waals surface area (Å²) in [6.07, 6.45) is 10.0. The van der Waals surface area contributed by atoms with Crippen molar-refractivity contribution in [1.29, 1.82) is 0 Å². The van der Waals surface area contributed by atoms with Crippen molar-refractivity contribution in [1.82, 2.24) is 24.6 Å². The van der Waals surface area contributed by atoms with Crippen LogP contribution >= 0.6 is 0 Å². The fraction of sp³-hybridized carbons (Fsp3) is 0.529. The third kappa shape index (κ3) is 3.16. The number of carbonyl (C=O) groups excluding carboxylic acids is 1. The summed E-state index contributed by atoms with van der Waals surface area (Å²) >= 11 is 0. The van der Waals surface area contributed by atoms with Gasteiger partial charge in [0.05, 0.1) is 6.54 Å². The predicted molar refractivity (Wildman–Crippen MR) is 94.3 cm³/mol. The van der Waals surface area contributed by atoms with Gasteiger partial charge in [0.1, 0.15) is 12.0 Å². The van der Waals surface area contributed by atoms with Gasteiger partial charge in [0.2, 0.25) is 5.91 Å². The molecule has 2 aliphatic rings. The number of aromatic nitrogens is 4. The maximum Gasteiger partial charge on any atom is 0.242 e. The minimum Gasteiger partial charge on any atom is -0.393 e. The number of nitrogens with zero attached hydrogens (tertiary/aromatic N) is 6. The molecule has 8 heteroatoms. The zero-order chi connectivity index (χ0) is 17.2. The highest BCUT2D eigenvalue weighted by Crippen LogP contribution is 2.28. The molecule has 1 aliphatic carbocycles. The van der Waals surface area contributed by atoms with Crippen LogP contribution in [0.2, 0.25) is 0 Å². The average Bonchev–Trinajstić information content (AvgIpc) is 3.31. The van der Waals surface area contributed by atoms with Gasteiger partial charge in [0.15, 0.2) is 11.6 Å². The van der Waals surface area contributed by atoms with Crippen molar-refractivity contribution < 1.29 is 4.79 Å². The van der Waals surface area contributed by atoms with Crippen LogP contribution < -0.4 is 10.6 Å². The minimum absolute atomic E-state index is 0.150. The van der Waals surface area contributed by atoms with Crippen LogP contribution in [0.15, 0.2) is 24.8 Å². The number of anilines is 2. The van der Waals surface area contributed by atoms with E-state index < -0.39 is 0 Å². The summed E-state index contributed by atoms with van der Waals surface area (Å²) in [6.45, 7) is 2.66. The molecule has 1 saturated carbocycles. The molecule has 2 N–H and O–H groups in total. The first kappa shape index (κ1) is 15.9. The quantitative estimate of drug-likeness (QED) is 0.894. The van der Waals surface area contributed by atoms with E-state index >= 15 is 0 Å².